The first kappa shape index (κ1) is 77.9. The van der Waals surface area contributed by atoms with Crippen molar-refractivity contribution in [2.45, 2.75) is 419 Å². The van der Waals surface area contributed by atoms with Crippen LogP contribution in [0, 0.1) is 0 Å². The number of carbonyl (C=O) groups excluding carboxylic acids is 3. The highest BCUT2D eigenvalue weighted by Gasteiger charge is 2.19. The number of ether oxygens (including phenoxy) is 3. The van der Waals surface area contributed by atoms with Crippen LogP contribution >= 0.6 is 0 Å². The minimum absolute atomic E-state index is 0.0633. The van der Waals surface area contributed by atoms with Crippen molar-refractivity contribution in [1.82, 2.24) is 0 Å². The minimum atomic E-state index is -0.765. The lowest BCUT2D eigenvalue weighted by Gasteiger charge is -2.18. The number of allylic oxidation sites excluding steroid dienone is 4. The highest BCUT2D eigenvalue weighted by atomic mass is 16.6. The molecule has 80 heavy (non-hydrogen) atoms. The first-order valence-electron chi connectivity index (χ1n) is 36.3. The molecule has 0 aliphatic heterocycles. The van der Waals surface area contributed by atoms with Crippen LogP contribution in [0.4, 0.5) is 0 Å². The number of esters is 3. The van der Waals surface area contributed by atoms with E-state index in [2.05, 4.69) is 45.1 Å². The predicted molar refractivity (Wildman–Crippen MR) is 349 cm³/mol. The maximum Gasteiger partial charge on any atom is 0.306 e. The third-order valence-corrected chi connectivity index (χ3v) is 16.7. The van der Waals surface area contributed by atoms with E-state index >= 15 is 0 Å². The molecule has 1 unspecified atom stereocenters. The second kappa shape index (κ2) is 69.4. The van der Waals surface area contributed by atoms with Crippen LogP contribution in [-0.4, -0.2) is 37.2 Å². The van der Waals surface area contributed by atoms with Gasteiger partial charge in [-0.1, -0.05) is 366 Å². The Kier molecular flexibility index (Phi) is 67.6. The van der Waals surface area contributed by atoms with Crippen molar-refractivity contribution < 1.29 is 28.6 Å². The zero-order valence-electron chi connectivity index (χ0n) is 54.4. The summed E-state index contributed by atoms with van der Waals surface area (Å²) in [5.74, 6) is -0.831. The minimum Gasteiger partial charge on any atom is -0.462 e. The normalized spacial score (nSPS) is 12.1. The van der Waals surface area contributed by atoms with Gasteiger partial charge >= 0.3 is 17.9 Å². The molecule has 0 saturated carbocycles. The summed E-state index contributed by atoms with van der Waals surface area (Å²) in [6.45, 7) is 6.70. The van der Waals surface area contributed by atoms with Crippen LogP contribution in [0.3, 0.4) is 0 Å². The van der Waals surface area contributed by atoms with Crippen molar-refractivity contribution >= 4 is 17.9 Å². The lowest BCUT2D eigenvalue weighted by molar-refractivity contribution is -0.167. The molecule has 0 N–H and O–H groups in total. The summed E-state index contributed by atoms with van der Waals surface area (Å²) in [5, 5.41) is 0. The zero-order chi connectivity index (χ0) is 57.8. The van der Waals surface area contributed by atoms with Crippen molar-refractivity contribution in [2.24, 2.45) is 0 Å². The van der Waals surface area contributed by atoms with Gasteiger partial charge < -0.3 is 14.2 Å². The molecular weight excluding hydrogens is 985 g/mol. The van der Waals surface area contributed by atoms with E-state index in [4.69, 9.17) is 14.2 Å². The van der Waals surface area contributed by atoms with E-state index in [1.54, 1.807) is 0 Å². The third-order valence-electron chi connectivity index (χ3n) is 16.7. The molecule has 0 aromatic heterocycles. The van der Waals surface area contributed by atoms with Crippen LogP contribution in [0.2, 0.25) is 0 Å². The largest absolute Gasteiger partial charge is 0.462 e. The van der Waals surface area contributed by atoms with E-state index in [9.17, 15) is 14.4 Å². The standard InChI is InChI=1S/C74H140O6/c1-4-7-10-13-16-19-22-24-26-28-30-32-33-34-35-36-37-38-39-40-41-43-44-46-48-50-52-55-58-61-64-67-73(76)79-70-71(69-78-72(75)66-63-60-57-54-21-18-15-12-9-6-3)80-74(77)68-65-62-59-56-53-51-49-47-45-42-31-29-27-25-23-20-17-14-11-8-5-2/h22,24,28,30,71H,4-21,23,25-27,29,31-70H2,1-3H3/b24-22-,30-28-. The van der Waals surface area contributed by atoms with Crippen LogP contribution in [0.25, 0.3) is 0 Å². The molecule has 0 amide bonds. The molecule has 0 spiro atoms. The van der Waals surface area contributed by atoms with E-state index in [1.165, 1.54) is 308 Å². The summed E-state index contributed by atoms with van der Waals surface area (Å²) in [7, 11) is 0. The Balaban J connectivity index is 4.07. The Morgan fingerprint density at radius 3 is 0.688 bits per heavy atom. The maximum absolute atomic E-state index is 12.9. The highest BCUT2D eigenvalue weighted by molar-refractivity contribution is 5.71. The van der Waals surface area contributed by atoms with Crippen molar-refractivity contribution in [2.75, 3.05) is 13.2 Å². The van der Waals surface area contributed by atoms with Gasteiger partial charge in [-0.2, -0.15) is 0 Å². The van der Waals surface area contributed by atoms with Crippen LogP contribution in [0.1, 0.15) is 412 Å². The Bertz CT molecular complexity index is 1290. The third kappa shape index (κ3) is 66.7. The Morgan fingerprint density at radius 1 is 0.250 bits per heavy atom. The van der Waals surface area contributed by atoms with Gasteiger partial charge in [-0.15, -0.1) is 0 Å². The monoisotopic (exact) mass is 1130 g/mol. The summed E-state index contributed by atoms with van der Waals surface area (Å²) in [4.78, 5) is 38.3. The van der Waals surface area contributed by atoms with Gasteiger partial charge in [0.2, 0.25) is 0 Å². The average Bonchev–Trinajstić information content (AvgIpc) is 3.46. The van der Waals surface area contributed by atoms with Crippen LogP contribution in [0.15, 0.2) is 24.3 Å². The molecule has 0 radical (unpaired) electrons. The molecule has 0 aliphatic rings. The fourth-order valence-electron chi connectivity index (χ4n) is 11.2. The number of rotatable bonds is 68. The molecule has 0 aromatic carbocycles. The summed E-state index contributed by atoms with van der Waals surface area (Å²) < 4.78 is 17.0. The van der Waals surface area contributed by atoms with Gasteiger partial charge in [0, 0.05) is 19.3 Å². The summed E-state index contributed by atoms with van der Waals surface area (Å²) >= 11 is 0. The predicted octanol–water partition coefficient (Wildman–Crippen LogP) is 25.0. The van der Waals surface area contributed by atoms with E-state index in [0.717, 1.165) is 64.2 Å². The molecule has 0 heterocycles. The van der Waals surface area contributed by atoms with E-state index < -0.39 is 6.10 Å². The topological polar surface area (TPSA) is 78.9 Å². The van der Waals surface area contributed by atoms with Gasteiger partial charge in [0.1, 0.15) is 13.2 Å². The fraction of sp³-hybridized carbons (Fsp3) is 0.905. The molecule has 0 bridgehead atoms. The molecular formula is C74H140O6. The highest BCUT2D eigenvalue weighted by Crippen LogP contribution is 2.19. The molecule has 0 rings (SSSR count). The average molecular weight is 1130 g/mol. The van der Waals surface area contributed by atoms with Crippen molar-refractivity contribution in [3.05, 3.63) is 24.3 Å². The second-order valence-electron chi connectivity index (χ2n) is 24.9. The number of hydrogen-bond acceptors (Lipinski definition) is 6. The Labute approximate surface area is 500 Å². The first-order valence-corrected chi connectivity index (χ1v) is 36.3. The van der Waals surface area contributed by atoms with Gasteiger partial charge in [-0.05, 0) is 51.4 Å². The lowest BCUT2D eigenvalue weighted by Crippen LogP contribution is -2.30. The molecule has 0 aliphatic carbocycles. The molecule has 1 atom stereocenters. The van der Waals surface area contributed by atoms with Crippen molar-refractivity contribution in [3.63, 3.8) is 0 Å². The molecule has 472 valence electrons. The first-order chi connectivity index (χ1) is 39.5. The molecule has 6 heteroatoms. The smallest absolute Gasteiger partial charge is 0.306 e. The zero-order valence-corrected chi connectivity index (χ0v) is 54.4. The van der Waals surface area contributed by atoms with E-state index in [0.29, 0.717) is 19.3 Å². The molecule has 0 saturated heterocycles. The summed E-state index contributed by atoms with van der Waals surface area (Å²) in [5.41, 5.74) is 0. The van der Waals surface area contributed by atoms with Gasteiger partial charge in [0.05, 0.1) is 0 Å². The van der Waals surface area contributed by atoms with Gasteiger partial charge in [-0.3, -0.25) is 14.4 Å². The fourth-order valence-corrected chi connectivity index (χ4v) is 11.2. The van der Waals surface area contributed by atoms with Crippen LogP contribution in [-0.2, 0) is 28.6 Å². The van der Waals surface area contributed by atoms with Gasteiger partial charge in [-0.25, -0.2) is 0 Å². The number of carbonyl (C=O) groups is 3. The quantitative estimate of drug-likeness (QED) is 0.0261. The second-order valence-corrected chi connectivity index (χ2v) is 24.9. The number of hydrogen-bond donors (Lipinski definition) is 0. The van der Waals surface area contributed by atoms with Gasteiger partial charge in [0.15, 0.2) is 6.10 Å². The molecule has 0 fully saturated rings. The summed E-state index contributed by atoms with van der Waals surface area (Å²) in [6.07, 6.45) is 85.2. The number of unbranched alkanes of at least 4 members (excludes halogenated alkanes) is 53. The summed E-state index contributed by atoms with van der Waals surface area (Å²) in [6, 6.07) is 0. The van der Waals surface area contributed by atoms with E-state index in [-0.39, 0.29) is 31.1 Å². The van der Waals surface area contributed by atoms with Crippen LogP contribution in [0.5, 0.6) is 0 Å². The Morgan fingerprint density at radius 2 is 0.450 bits per heavy atom. The Hall–Kier alpha value is -2.11. The van der Waals surface area contributed by atoms with Gasteiger partial charge in [0.25, 0.3) is 0 Å². The molecule has 0 aromatic rings. The lowest BCUT2D eigenvalue weighted by atomic mass is 10.0. The maximum atomic E-state index is 12.9. The van der Waals surface area contributed by atoms with Crippen molar-refractivity contribution in [3.8, 4) is 0 Å². The molecule has 6 nitrogen and oxygen atoms in total. The van der Waals surface area contributed by atoms with Crippen LogP contribution < -0.4 is 0 Å². The van der Waals surface area contributed by atoms with E-state index in [1.807, 2.05) is 0 Å². The van der Waals surface area contributed by atoms with Crippen molar-refractivity contribution in [1.29, 1.82) is 0 Å². The SMILES string of the molecule is CCCCCCC/C=C\C/C=C\CCCCCCCCCCCCCCCCCCCCCC(=O)OCC(COC(=O)CCCCCCCCCCCC)OC(=O)CCCCCCCCCCCCCCCCCCCCCCC.